The molecule has 7 heteroatoms. The first-order valence-electron chi connectivity index (χ1n) is 9.02. The van der Waals surface area contributed by atoms with Crippen molar-refractivity contribution in [1.82, 2.24) is 20.3 Å². The lowest BCUT2D eigenvalue weighted by Crippen LogP contribution is -2.25. The number of halogens is 1. The molecule has 0 atom stereocenters. The van der Waals surface area contributed by atoms with E-state index in [1.807, 2.05) is 48.5 Å². The first-order valence-corrected chi connectivity index (χ1v) is 9.82. The van der Waals surface area contributed by atoms with E-state index in [0.717, 1.165) is 32.3 Å². The molecule has 0 bridgehead atoms. The lowest BCUT2D eigenvalue weighted by molar-refractivity contribution is 0.0949. The first-order chi connectivity index (χ1) is 14.2. The van der Waals surface area contributed by atoms with Gasteiger partial charge >= 0.3 is 0 Å². The Hall–Kier alpha value is -3.50. The van der Waals surface area contributed by atoms with Crippen LogP contribution in [-0.2, 0) is 0 Å². The van der Waals surface area contributed by atoms with E-state index in [4.69, 9.17) is 5.26 Å². The number of rotatable bonds is 5. The lowest BCUT2D eigenvalue weighted by Gasteiger charge is -2.05. The third-order valence-corrected chi connectivity index (χ3v) is 5.27. The number of hydrogen-bond acceptors (Lipinski definition) is 4. The van der Waals surface area contributed by atoms with Crippen molar-refractivity contribution in [2.45, 2.75) is 6.42 Å². The minimum atomic E-state index is -0.301. The topological polar surface area (TPSA) is 94.5 Å². The number of benzene rings is 1. The Balaban J connectivity index is 1.68. The molecule has 0 saturated carbocycles. The van der Waals surface area contributed by atoms with E-state index >= 15 is 0 Å². The summed E-state index contributed by atoms with van der Waals surface area (Å²) < 4.78 is 0.929. The molecule has 4 aromatic rings. The number of nitriles is 1. The van der Waals surface area contributed by atoms with E-state index in [-0.39, 0.29) is 12.3 Å². The monoisotopic (exact) mass is 445 g/mol. The van der Waals surface area contributed by atoms with Gasteiger partial charge in [0.1, 0.15) is 11.3 Å². The molecular weight excluding hydrogens is 430 g/mol. The molecule has 2 N–H and O–H groups in total. The molecule has 0 unspecified atom stereocenters. The molecule has 0 saturated heterocycles. The van der Waals surface area contributed by atoms with Gasteiger partial charge in [-0.3, -0.25) is 4.79 Å². The zero-order valence-electron chi connectivity index (χ0n) is 15.3. The van der Waals surface area contributed by atoms with Gasteiger partial charge < -0.3 is 10.3 Å². The third kappa shape index (κ3) is 3.89. The van der Waals surface area contributed by atoms with Crippen molar-refractivity contribution in [1.29, 1.82) is 5.26 Å². The standard InChI is InChI=1S/C22H16BrN5O/c23-19-16-12-15(13-26-21(16)28-20(19)14-6-2-1-3-7-14)17-8-4-9-18(27-17)22(29)25-11-5-10-24/h1-4,6-9,12-13H,5,11H2,(H,25,29)(H,26,28). The zero-order chi connectivity index (χ0) is 20.2. The molecule has 1 amide bonds. The molecule has 142 valence electrons. The summed E-state index contributed by atoms with van der Waals surface area (Å²) >= 11 is 3.69. The highest BCUT2D eigenvalue weighted by Crippen LogP contribution is 2.35. The Labute approximate surface area is 175 Å². The molecule has 3 aromatic heterocycles. The molecule has 1 aromatic carbocycles. The summed E-state index contributed by atoms with van der Waals surface area (Å²) in [5, 5.41) is 12.2. The molecule has 3 heterocycles. The number of amides is 1. The number of fused-ring (bicyclic) bond motifs is 1. The molecule has 4 rings (SSSR count). The minimum absolute atomic E-state index is 0.261. The number of nitrogens with zero attached hydrogens (tertiary/aromatic N) is 3. The van der Waals surface area contributed by atoms with Crippen LogP contribution in [0.3, 0.4) is 0 Å². The van der Waals surface area contributed by atoms with Crippen molar-refractivity contribution in [3.05, 3.63) is 71.0 Å². The summed E-state index contributed by atoms with van der Waals surface area (Å²) in [5.41, 5.74) is 4.56. The van der Waals surface area contributed by atoms with Gasteiger partial charge in [-0.2, -0.15) is 5.26 Å². The van der Waals surface area contributed by atoms with E-state index < -0.39 is 0 Å². The van der Waals surface area contributed by atoms with Crippen molar-refractivity contribution in [2.75, 3.05) is 6.54 Å². The molecule has 0 spiro atoms. The van der Waals surface area contributed by atoms with E-state index in [1.165, 1.54) is 0 Å². The lowest BCUT2D eigenvalue weighted by atomic mass is 10.1. The van der Waals surface area contributed by atoms with E-state index in [9.17, 15) is 4.79 Å². The van der Waals surface area contributed by atoms with Crippen molar-refractivity contribution >= 4 is 32.9 Å². The van der Waals surface area contributed by atoms with E-state index in [2.05, 4.69) is 36.2 Å². The van der Waals surface area contributed by atoms with Crippen LogP contribution in [0.4, 0.5) is 0 Å². The van der Waals surface area contributed by atoms with Gasteiger partial charge in [0.15, 0.2) is 0 Å². The predicted molar refractivity (Wildman–Crippen MR) is 115 cm³/mol. The maximum atomic E-state index is 12.2. The highest BCUT2D eigenvalue weighted by molar-refractivity contribution is 9.10. The second-order valence-corrected chi connectivity index (χ2v) is 7.17. The van der Waals surface area contributed by atoms with Crippen LogP contribution < -0.4 is 5.32 Å². The number of aromatic amines is 1. The molecular formula is C22H16BrN5O. The summed E-state index contributed by atoms with van der Waals surface area (Å²) in [4.78, 5) is 24.6. The molecule has 6 nitrogen and oxygen atoms in total. The summed E-state index contributed by atoms with van der Waals surface area (Å²) in [6.07, 6.45) is 2.00. The fourth-order valence-corrected chi connectivity index (χ4v) is 3.66. The first kappa shape index (κ1) is 18.8. The van der Waals surface area contributed by atoms with E-state index in [0.29, 0.717) is 17.9 Å². The van der Waals surface area contributed by atoms with Crippen LogP contribution in [-0.4, -0.2) is 27.4 Å². The molecule has 29 heavy (non-hydrogen) atoms. The average Bonchev–Trinajstić information content (AvgIpc) is 3.10. The number of nitrogens with one attached hydrogen (secondary N) is 2. The van der Waals surface area contributed by atoms with Crippen LogP contribution in [0.5, 0.6) is 0 Å². The SMILES string of the molecule is N#CCCNC(=O)c1cccc(-c2cnc3[nH]c(-c4ccccc4)c(Br)c3c2)n1. The van der Waals surface area contributed by atoms with Crippen LogP contribution in [0, 0.1) is 11.3 Å². The molecule has 0 aliphatic carbocycles. The van der Waals surface area contributed by atoms with Crippen molar-refractivity contribution in [3.63, 3.8) is 0 Å². The summed E-state index contributed by atoms with van der Waals surface area (Å²) in [6, 6.07) is 19.3. The number of pyridine rings is 2. The molecule has 0 aliphatic rings. The van der Waals surface area contributed by atoms with Gasteiger partial charge in [0.05, 0.1) is 28.4 Å². The smallest absolute Gasteiger partial charge is 0.269 e. The maximum absolute atomic E-state index is 12.2. The predicted octanol–water partition coefficient (Wildman–Crippen LogP) is 4.70. The molecule has 0 radical (unpaired) electrons. The van der Waals surface area contributed by atoms with Gasteiger partial charge in [-0.25, -0.2) is 9.97 Å². The van der Waals surface area contributed by atoms with Crippen LogP contribution in [0.1, 0.15) is 16.9 Å². The Bertz CT molecular complexity index is 1230. The zero-order valence-corrected chi connectivity index (χ0v) is 16.9. The van der Waals surface area contributed by atoms with Gasteiger partial charge in [-0.1, -0.05) is 36.4 Å². The van der Waals surface area contributed by atoms with Crippen LogP contribution in [0.15, 0.2) is 65.3 Å². The van der Waals surface area contributed by atoms with Gasteiger partial charge in [0.2, 0.25) is 0 Å². The minimum Gasteiger partial charge on any atom is -0.350 e. The normalized spacial score (nSPS) is 10.6. The van der Waals surface area contributed by atoms with Crippen LogP contribution in [0.2, 0.25) is 0 Å². The van der Waals surface area contributed by atoms with Gasteiger partial charge in [0, 0.05) is 23.7 Å². The molecule has 0 aliphatic heterocycles. The Kier molecular flexibility index (Phi) is 5.36. The molecule has 0 fully saturated rings. The number of H-pyrrole nitrogens is 1. The van der Waals surface area contributed by atoms with Crippen molar-refractivity contribution in [3.8, 4) is 28.6 Å². The van der Waals surface area contributed by atoms with Crippen molar-refractivity contribution < 1.29 is 4.79 Å². The average molecular weight is 446 g/mol. The quantitative estimate of drug-likeness (QED) is 0.435. The maximum Gasteiger partial charge on any atom is 0.269 e. The Morgan fingerprint density at radius 2 is 1.97 bits per heavy atom. The number of carbonyl (C=O) groups excluding carboxylic acids is 1. The van der Waals surface area contributed by atoms with Crippen LogP contribution >= 0.6 is 15.9 Å². The van der Waals surface area contributed by atoms with Gasteiger partial charge in [0.25, 0.3) is 5.91 Å². The van der Waals surface area contributed by atoms with Gasteiger partial charge in [-0.15, -0.1) is 0 Å². The number of aromatic nitrogens is 3. The van der Waals surface area contributed by atoms with Crippen molar-refractivity contribution in [2.24, 2.45) is 0 Å². The van der Waals surface area contributed by atoms with Gasteiger partial charge in [-0.05, 0) is 39.7 Å². The largest absolute Gasteiger partial charge is 0.350 e. The summed E-state index contributed by atoms with van der Waals surface area (Å²) in [6.45, 7) is 0.299. The fourth-order valence-electron chi connectivity index (χ4n) is 3.03. The second-order valence-electron chi connectivity index (χ2n) is 6.37. The highest BCUT2D eigenvalue weighted by Gasteiger charge is 2.14. The number of hydrogen-bond donors (Lipinski definition) is 2. The third-order valence-electron chi connectivity index (χ3n) is 4.45. The summed E-state index contributed by atoms with van der Waals surface area (Å²) in [5.74, 6) is -0.301. The highest BCUT2D eigenvalue weighted by atomic mass is 79.9. The number of carbonyl (C=O) groups is 1. The second kappa shape index (κ2) is 8.25. The summed E-state index contributed by atoms with van der Waals surface area (Å²) in [7, 11) is 0. The van der Waals surface area contributed by atoms with E-state index in [1.54, 1.807) is 18.3 Å². The van der Waals surface area contributed by atoms with Crippen LogP contribution in [0.25, 0.3) is 33.5 Å². The Morgan fingerprint density at radius 3 is 2.76 bits per heavy atom. The fraction of sp³-hybridized carbons (Fsp3) is 0.0909. The Morgan fingerprint density at radius 1 is 1.14 bits per heavy atom.